The number of carbonyl (C=O) groups is 1. The van der Waals surface area contributed by atoms with Gasteiger partial charge in [0.15, 0.2) is 0 Å². The first kappa shape index (κ1) is 13.2. The molecule has 1 amide bonds. The monoisotopic (exact) mass is 277 g/mol. The van der Waals surface area contributed by atoms with Gasteiger partial charge in [0.05, 0.1) is 11.6 Å². The summed E-state index contributed by atoms with van der Waals surface area (Å²) < 4.78 is 0. The third-order valence-electron chi connectivity index (χ3n) is 3.70. The minimum Gasteiger partial charge on any atom is -0.384 e. The van der Waals surface area contributed by atoms with Crippen molar-refractivity contribution in [2.75, 3.05) is 17.2 Å². The van der Waals surface area contributed by atoms with Crippen molar-refractivity contribution in [1.29, 1.82) is 5.26 Å². The summed E-state index contributed by atoms with van der Waals surface area (Å²) in [4.78, 5) is 12.3. The van der Waals surface area contributed by atoms with E-state index in [2.05, 4.69) is 16.7 Å². The first-order valence-electron chi connectivity index (χ1n) is 6.86. The van der Waals surface area contributed by atoms with Gasteiger partial charge in [0.2, 0.25) is 0 Å². The second kappa shape index (κ2) is 5.29. The van der Waals surface area contributed by atoms with Crippen LogP contribution in [0.5, 0.6) is 0 Å². The van der Waals surface area contributed by atoms with Crippen LogP contribution >= 0.6 is 0 Å². The summed E-state index contributed by atoms with van der Waals surface area (Å²) in [5.41, 5.74) is 5.03. The second-order valence-electron chi connectivity index (χ2n) is 5.14. The van der Waals surface area contributed by atoms with Crippen LogP contribution in [-0.2, 0) is 6.42 Å². The number of nitrogens with zero attached hydrogens (tertiary/aromatic N) is 1. The van der Waals surface area contributed by atoms with E-state index in [1.807, 2.05) is 31.2 Å². The summed E-state index contributed by atoms with van der Waals surface area (Å²) in [5.74, 6) is -0.162. The van der Waals surface area contributed by atoms with Gasteiger partial charge in [-0.1, -0.05) is 12.1 Å². The van der Waals surface area contributed by atoms with Gasteiger partial charge in [-0.15, -0.1) is 0 Å². The van der Waals surface area contributed by atoms with E-state index in [0.717, 1.165) is 24.2 Å². The van der Waals surface area contributed by atoms with Crippen LogP contribution in [0, 0.1) is 18.3 Å². The van der Waals surface area contributed by atoms with Crippen molar-refractivity contribution in [3.05, 3.63) is 58.7 Å². The number of carbonyl (C=O) groups excluding carboxylic acids is 1. The maximum atomic E-state index is 12.3. The molecule has 0 atom stereocenters. The predicted octanol–water partition coefficient (Wildman–Crippen LogP) is 3.09. The molecule has 0 saturated heterocycles. The van der Waals surface area contributed by atoms with Crippen molar-refractivity contribution in [3.63, 3.8) is 0 Å². The number of benzene rings is 2. The predicted molar refractivity (Wildman–Crippen MR) is 82.5 cm³/mol. The van der Waals surface area contributed by atoms with Gasteiger partial charge in [-0.25, -0.2) is 0 Å². The first-order valence-corrected chi connectivity index (χ1v) is 6.86. The first-order chi connectivity index (χ1) is 10.2. The summed E-state index contributed by atoms with van der Waals surface area (Å²) in [6.45, 7) is 2.82. The summed E-state index contributed by atoms with van der Waals surface area (Å²) in [5, 5.41) is 15.1. The highest BCUT2D eigenvalue weighted by molar-refractivity contribution is 6.05. The third-order valence-corrected chi connectivity index (χ3v) is 3.70. The number of amides is 1. The Morgan fingerprint density at radius 3 is 2.95 bits per heavy atom. The van der Waals surface area contributed by atoms with Crippen LogP contribution in [0.4, 0.5) is 11.4 Å². The Hall–Kier alpha value is -2.80. The maximum Gasteiger partial charge on any atom is 0.255 e. The number of nitriles is 1. The van der Waals surface area contributed by atoms with Crippen molar-refractivity contribution in [3.8, 4) is 6.07 Å². The molecule has 1 aliphatic rings. The number of nitrogens with one attached hydrogen (secondary N) is 2. The van der Waals surface area contributed by atoms with Gasteiger partial charge in [0.1, 0.15) is 0 Å². The lowest BCUT2D eigenvalue weighted by molar-refractivity contribution is 0.102. The van der Waals surface area contributed by atoms with Gasteiger partial charge in [-0.3, -0.25) is 4.79 Å². The number of rotatable bonds is 2. The van der Waals surface area contributed by atoms with Gasteiger partial charge >= 0.3 is 0 Å². The number of fused-ring (bicyclic) bond motifs is 1. The minimum atomic E-state index is -0.162. The van der Waals surface area contributed by atoms with E-state index in [-0.39, 0.29) is 5.91 Å². The SMILES string of the molecule is Cc1ccc(C#N)cc1NC(=O)c1ccc2c(c1)NCC2. The Morgan fingerprint density at radius 1 is 1.29 bits per heavy atom. The zero-order chi connectivity index (χ0) is 14.8. The van der Waals surface area contributed by atoms with Crippen LogP contribution in [-0.4, -0.2) is 12.5 Å². The molecule has 0 unspecified atom stereocenters. The molecule has 21 heavy (non-hydrogen) atoms. The normalized spacial score (nSPS) is 12.2. The van der Waals surface area contributed by atoms with Gasteiger partial charge in [0.25, 0.3) is 5.91 Å². The van der Waals surface area contributed by atoms with E-state index in [9.17, 15) is 4.79 Å². The summed E-state index contributed by atoms with van der Waals surface area (Å²) in [6, 6.07) is 13.0. The largest absolute Gasteiger partial charge is 0.384 e. The fraction of sp³-hybridized carbons (Fsp3) is 0.176. The maximum absolute atomic E-state index is 12.3. The lowest BCUT2D eigenvalue weighted by Crippen LogP contribution is -2.13. The molecule has 0 aliphatic carbocycles. The second-order valence-corrected chi connectivity index (χ2v) is 5.14. The summed E-state index contributed by atoms with van der Waals surface area (Å²) >= 11 is 0. The zero-order valence-corrected chi connectivity index (χ0v) is 11.7. The van der Waals surface area contributed by atoms with Crippen LogP contribution in [0.15, 0.2) is 36.4 Å². The standard InChI is InChI=1S/C17H15N3O/c1-11-2-3-12(10-18)8-15(11)20-17(21)14-5-4-13-6-7-19-16(13)9-14/h2-5,8-9,19H,6-7H2,1H3,(H,20,21). The molecular weight excluding hydrogens is 262 g/mol. The zero-order valence-electron chi connectivity index (χ0n) is 11.7. The minimum absolute atomic E-state index is 0.162. The Balaban J connectivity index is 1.85. The highest BCUT2D eigenvalue weighted by atomic mass is 16.1. The fourth-order valence-electron chi connectivity index (χ4n) is 2.45. The molecule has 2 N–H and O–H groups in total. The number of hydrogen-bond donors (Lipinski definition) is 2. The number of anilines is 2. The van der Waals surface area contributed by atoms with Crippen LogP contribution in [0.3, 0.4) is 0 Å². The van der Waals surface area contributed by atoms with E-state index in [0.29, 0.717) is 16.8 Å². The van der Waals surface area contributed by atoms with Gasteiger partial charge in [-0.2, -0.15) is 5.26 Å². The third kappa shape index (κ3) is 2.59. The highest BCUT2D eigenvalue weighted by Gasteiger charge is 2.14. The van der Waals surface area contributed by atoms with Crippen molar-refractivity contribution in [1.82, 2.24) is 0 Å². The fourth-order valence-corrected chi connectivity index (χ4v) is 2.45. The smallest absolute Gasteiger partial charge is 0.255 e. The summed E-state index contributed by atoms with van der Waals surface area (Å²) in [7, 11) is 0. The Labute approximate surface area is 123 Å². The molecule has 4 heteroatoms. The van der Waals surface area contributed by atoms with E-state index < -0.39 is 0 Å². The van der Waals surface area contributed by atoms with Crippen LogP contribution in [0.1, 0.15) is 27.0 Å². The molecule has 0 aromatic heterocycles. The topological polar surface area (TPSA) is 64.9 Å². The van der Waals surface area contributed by atoms with Crippen molar-refractivity contribution in [2.45, 2.75) is 13.3 Å². The number of hydrogen-bond acceptors (Lipinski definition) is 3. The van der Waals surface area contributed by atoms with E-state index in [1.165, 1.54) is 5.56 Å². The van der Waals surface area contributed by atoms with Crippen LogP contribution < -0.4 is 10.6 Å². The molecular formula is C17H15N3O. The van der Waals surface area contributed by atoms with Crippen LogP contribution in [0.25, 0.3) is 0 Å². The van der Waals surface area contributed by atoms with Crippen molar-refractivity contribution in [2.24, 2.45) is 0 Å². The lowest BCUT2D eigenvalue weighted by Gasteiger charge is -2.10. The molecule has 1 heterocycles. The number of aryl methyl sites for hydroxylation is 1. The Bertz CT molecular complexity index is 759. The van der Waals surface area contributed by atoms with Gasteiger partial charge in [-0.05, 0) is 48.7 Å². The van der Waals surface area contributed by atoms with Crippen molar-refractivity contribution < 1.29 is 4.79 Å². The molecule has 3 rings (SSSR count). The lowest BCUT2D eigenvalue weighted by atomic mass is 10.1. The van der Waals surface area contributed by atoms with E-state index in [1.54, 1.807) is 12.1 Å². The quantitative estimate of drug-likeness (QED) is 0.886. The van der Waals surface area contributed by atoms with E-state index >= 15 is 0 Å². The molecule has 0 spiro atoms. The van der Waals surface area contributed by atoms with Crippen molar-refractivity contribution >= 4 is 17.3 Å². The molecule has 0 radical (unpaired) electrons. The summed E-state index contributed by atoms with van der Waals surface area (Å²) in [6.07, 6.45) is 1.00. The highest BCUT2D eigenvalue weighted by Crippen LogP contribution is 2.24. The van der Waals surface area contributed by atoms with E-state index in [4.69, 9.17) is 5.26 Å². The van der Waals surface area contributed by atoms with Gasteiger partial charge in [0, 0.05) is 23.5 Å². The molecule has 4 nitrogen and oxygen atoms in total. The molecule has 104 valence electrons. The molecule has 0 bridgehead atoms. The Morgan fingerprint density at radius 2 is 2.14 bits per heavy atom. The molecule has 2 aromatic rings. The average Bonchev–Trinajstić information content (AvgIpc) is 2.96. The Kier molecular flexibility index (Phi) is 3.33. The molecule has 2 aromatic carbocycles. The molecule has 0 fully saturated rings. The van der Waals surface area contributed by atoms with Crippen LogP contribution in [0.2, 0.25) is 0 Å². The van der Waals surface area contributed by atoms with Gasteiger partial charge < -0.3 is 10.6 Å². The molecule has 0 saturated carbocycles. The molecule has 1 aliphatic heterocycles. The average molecular weight is 277 g/mol.